The first-order valence-corrected chi connectivity index (χ1v) is 4.03. The molecule has 13 heavy (non-hydrogen) atoms. The lowest BCUT2D eigenvalue weighted by atomic mass is 10.1. The number of nitrogens with zero attached hydrogens (tertiary/aromatic N) is 1. The van der Waals surface area contributed by atoms with Crippen LogP contribution in [0, 0.1) is 0 Å². The number of fused-ring (bicyclic) bond motifs is 1. The topological polar surface area (TPSA) is 72.3 Å². The van der Waals surface area contributed by atoms with Gasteiger partial charge in [0.25, 0.3) is 0 Å². The number of rotatable bonds is 2. The molecule has 1 unspecified atom stereocenters. The van der Waals surface area contributed by atoms with Crippen molar-refractivity contribution < 1.29 is 9.52 Å². The van der Waals surface area contributed by atoms with Crippen LogP contribution in [0.5, 0.6) is 0 Å². The van der Waals surface area contributed by atoms with Gasteiger partial charge in [-0.05, 0) is 12.1 Å². The van der Waals surface area contributed by atoms with Crippen LogP contribution >= 0.6 is 0 Å². The van der Waals surface area contributed by atoms with Gasteiger partial charge in [0, 0.05) is 23.7 Å². The molecule has 2 aromatic rings. The number of hydrogen-bond acceptors (Lipinski definition) is 4. The highest BCUT2D eigenvalue weighted by molar-refractivity contribution is 5.77. The normalized spacial score (nSPS) is 13.4. The third-order valence-electron chi connectivity index (χ3n) is 1.96. The Balaban J connectivity index is 2.57. The zero-order valence-corrected chi connectivity index (χ0v) is 6.97. The van der Waals surface area contributed by atoms with Crippen LogP contribution in [-0.4, -0.2) is 16.6 Å². The largest absolute Gasteiger partial charge is 0.446 e. The third-order valence-corrected chi connectivity index (χ3v) is 1.96. The summed E-state index contributed by atoms with van der Waals surface area (Å²) in [7, 11) is 0. The number of aliphatic hydroxyl groups is 1. The van der Waals surface area contributed by atoms with Crippen molar-refractivity contribution >= 4 is 11.1 Å². The number of aromatic nitrogens is 1. The van der Waals surface area contributed by atoms with Crippen molar-refractivity contribution in [1.82, 2.24) is 4.98 Å². The summed E-state index contributed by atoms with van der Waals surface area (Å²) in [6, 6.07) is 3.64. The number of furan rings is 1. The molecule has 0 bridgehead atoms. The second-order valence-electron chi connectivity index (χ2n) is 2.80. The Labute approximate surface area is 75.0 Å². The summed E-state index contributed by atoms with van der Waals surface area (Å²) in [6.45, 7) is 0.184. The van der Waals surface area contributed by atoms with E-state index in [-0.39, 0.29) is 6.54 Å². The highest BCUT2D eigenvalue weighted by Crippen LogP contribution is 2.23. The molecule has 0 aliphatic rings. The molecule has 4 heteroatoms. The predicted molar refractivity (Wildman–Crippen MR) is 48.0 cm³/mol. The number of nitrogens with two attached hydrogens (primary N) is 1. The maximum absolute atomic E-state index is 9.50. The molecule has 0 spiro atoms. The minimum atomic E-state index is -0.676. The third kappa shape index (κ3) is 1.30. The van der Waals surface area contributed by atoms with Crippen LogP contribution < -0.4 is 5.73 Å². The first kappa shape index (κ1) is 8.22. The molecular weight excluding hydrogens is 168 g/mol. The standard InChI is InChI=1S/C9H10N2O2/c10-4-8(12)7-5-13-9-6(7)2-1-3-11-9/h1-3,5,8,12H,4,10H2. The summed E-state index contributed by atoms with van der Waals surface area (Å²) >= 11 is 0. The van der Waals surface area contributed by atoms with E-state index in [0.29, 0.717) is 11.3 Å². The van der Waals surface area contributed by atoms with Crippen LogP contribution in [0.25, 0.3) is 11.1 Å². The van der Waals surface area contributed by atoms with E-state index in [2.05, 4.69) is 4.98 Å². The van der Waals surface area contributed by atoms with Crippen LogP contribution in [0.15, 0.2) is 29.0 Å². The van der Waals surface area contributed by atoms with E-state index in [4.69, 9.17) is 10.2 Å². The Kier molecular flexibility index (Phi) is 2.00. The van der Waals surface area contributed by atoms with Crippen molar-refractivity contribution in [2.75, 3.05) is 6.54 Å². The molecular formula is C9H10N2O2. The molecule has 0 fully saturated rings. The summed E-state index contributed by atoms with van der Waals surface area (Å²) in [5, 5.41) is 10.3. The molecule has 0 radical (unpaired) electrons. The molecule has 3 N–H and O–H groups in total. The summed E-state index contributed by atoms with van der Waals surface area (Å²) in [5.41, 5.74) is 6.57. The lowest BCUT2D eigenvalue weighted by Gasteiger charge is -2.03. The maximum Gasteiger partial charge on any atom is 0.226 e. The lowest BCUT2D eigenvalue weighted by Crippen LogP contribution is -2.10. The molecule has 2 aromatic heterocycles. The van der Waals surface area contributed by atoms with Gasteiger partial charge in [-0.3, -0.25) is 0 Å². The number of hydrogen-bond donors (Lipinski definition) is 2. The zero-order valence-electron chi connectivity index (χ0n) is 6.97. The van der Waals surface area contributed by atoms with E-state index in [9.17, 15) is 5.11 Å². The van der Waals surface area contributed by atoms with Crippen molar-refractivity contribution in [2.45, 2.75) is 6.10 Å². The minimum absolute atomic E-state index is 0.184. The van der Waals surface area contributed by atoms with E-state index in [1.807, 2.05) is 6.07 Å². The Morgan fingerprint density at radius 1 is 1.62 bits per heavy atom. The van der Waals surface area contributed by atoms with E-state index in [0.717, 1.165) is 5.39 Å². The second kappa shape index (κ2) is 3.16. The first-order valence-electron chi connectivity index (χ1n) is 4.03. The summed E-state index contributed by atoms with van der Waals surface area (Å²) in [5.74, 6) is 0. The van der Waals surface area contributed by atoms with Gasteiger partial charge in [-0.2, -0.15) is 0 Å². The van der Waals surface area contributed by atoms with Crippen LogP contribution in [0.1, 0.15) is 11.7 Å². The summed E-state index contributed by atoms with van der Waals surface area (Å²) < 4.78 is 5.15. The fourth-order valence-electron chi connectivity index (χ4n) is 1.27. The second-order valence-corrected chi connectivity index (χ2v) is 2.80. The highest BCUT2D eigenvalue weighted by Gasteiger charge is 2.12. The summed E-state index contributed by atoms with van der Waals surface area (Å²) in [6.07, 6.45) is 2.46. The van der Waals surface area contributed by atoms with Gasteiger partial charge in [0.1, 0.15) is 0 Å². The average molecular weight is 178 g/mol. The summed E-state index contributed by atoms with van der Waals surface area (Å²) in [4.78, 5) is 4.00. The van der Waals surface area contributed by atoms with E-state index in [1.165, 1.54) is 6.26 Å². The van der Waals surface area contributed by atoms with Crippen molar-refractivity contribution in [1.29, 1.82) is 0 Å². The Morgan fingerprint density at radius 3 is 3.23 bits per heavy atom. The Bertz CT molecular complexity index is 411. The van der Waals surface area contributed by atoms with Crippen LogP contribution in [0.3, 0.4) is 0 Å². The van der Waals surface area contributed by atoms with E-state index < -0.39 is 6.10 Å². The molecule has 0 aliphatic carbocycles. The Morgan fingerprint density at radius 2 is 2.46 bits per heavy atom. The van der Waals surface area contributed by atoms with Gasteiger partial charge in [0.05, 0.1) is 12.4 Å². The number of pyridine rings is 1. The molecule has 68 valence electrons. The van der Waals surface area contributed by atoms with Gasteiger partial charge in [-0.15, -0.1) is 0 Å². The highest BCUT2D eigenvalue weighted by atomic mass is 16.3. The maximum atomic E-state index is 9.50. The van der Waals surface area contributed by atoms with Gasteiger partial charge in [0.15, 0.2) is 0 Å². The van der Waals surface area contributed by atoms with Crippen LogP contribution in [-0.2, 0) is 0 Å². The number of aliphatic hydroxyl groups excluding tert-OH is 1. The molecule has 2 rings (SSSR count). The van der Waals surface area contributed by atoms with Crippen molar-refractivity contribution in [3.05, 3.63) is 30.2 Å². The van der Waals surface area contributed by atoms with Crippen LogP contribution in [0.2, 0.25) is 0 Å². The Hall–Kier alpha value is -1.39. The molecule has 1 atom stereocenters. The monoisotopic (exact) mass is 178 g/mol. The fraction of sp³-hybridized carbons (Fsp3) is 0.222. The first-order chi connectivity index (χ1) is 6.33. The minimum Gasteiger partial charge on any atom is -0.446 e. The molecule has 0 aliphatic heterocycles. The molecule has 2 heterocycles. The van der Waals surface area contributed by atoms with Gasteiger partial charge in [0.2, 0.25) is 5.71 Å². The molecule has 0 saturated heterocycles. The van der Waals surface area contributed by atoms with Crippen molar-refractivity contribution in [3.8, 4) is 0 Å². The smallest absolute Gasteiger partial charge is 0.226 e. The van der Waals surface area contributed by atoms with Gasteiger partial charge in [-0.25, -0.2) is 4.98 Å². The quantitative estimate of drug-likeness (QED) is 0.714. The van der Waals surface area contributed by atoms with Gasteiger partial charge in [-0.1, -0.05) is 0 Å². The van der Waals surface area contributed by atoms with Crippen molar-refractivity contribution in [2.24, 2.45) is 5.73 Å². The average Bonchev–Trinajstić information content (AvgIpc) is 2.60. The zero-order chi connectivity index (χ0) is 9.26. The van der Waals surface area contributed by atoms with Crippen molar-refractivity contribution in [3.63, 3.8) is 0 Å². The van der Waals surface area contributed by atoms with E-state index in [1.54, 1.807) is 12.3 Å². The SMILES string of the molecule is NCC(O)c1coc2ncccc12. The lowest BCUT2D eigenvalue weighted by molar-refractivity contribution is 0.187. The molecule has 0 saturated carbocycles. The van der Waals surface area contributed by atoms with E-state index >= 15 is 0 Å². The van der Waals surface area contributed by atoms with Gasteiger partial charge >= 0.3 is 0 Å². The molecule has 0 aromatic carbocycles. The fourth-order valence-corrected chi connectivity index (χ4v) is 1.27. The molecule has 4 nitrogen and oxygen atoms in total. The predicted octanol–water partition coefficient (Wildman–Crippen LogP) is 0.820. The van der Waals surface area contributed by atoms with Gasteiger partial charge < -0.3 is 15.3 Å². The van der Waals surface area contributed by atoms with Crippen LogP contribution in [0.4, 0.5) is 0 Å². The molecule has 0 amide bonds.